The number of amides is 2. The molecule has 2 atom stereocenters. The number of nitrogens with one attached hydrogen (secondary N) is 1. The average Bonchev–Trinajstić information content (AvgIpc) is 2.77. The predicted octanol–water partition coefficient (Wildman–Crippen LogP) is -0.618. The van der Waals surface area contributed by atoms with Gasteiger partial charge in [0.15, 0.2) is 0 Å². The highest BCUT2D eigenvalue weighted by molar-refractivity contribution is 7.99. The minimum Gasteiger partial charge on any atom is -0.333 e. The van der Waals surface area contributed by atoms with Crippen LogP contribution in [-0.2, 0) is 9.59 Å². The Morgan fingerprint density at radius 1 is 1.06 bits per heavy atom. The third kappa shape index (κ3) is 2.36. The molecule has 100 valence electrons. The van der Waals surface area contributed by atoms with Crippen LogP contribution < -0.4 is 5.32 Å². The number of hydrogen-bond donors (Lipinski definition) is 1. The van der Waals surface area contributed by atoms with Gasteiger partial charge < -0.3 is 15.1 Å². The quantitative estimate of drug-likeness (QED) is 0.596. The van der Waals surface area contributed by atoms with Gasteiger partial charge in [0.25, 0.3) is 0 Å². The molecule has 0 aromatic heterocycles. The van der Waals surface area contributed by atoms with Gasteiger partial charge in [-0.2, -0.15) is 11.8 Å². The number of likely N-dealkylation sites (tertiary alicyclic amines) is 1. The van der Waals surface area contributed by atoms with Crippen molar-refractivity contribution in [3.05, 3.63) is 0 Å². The Morgan fingerprint density at radius 2 is 1.78 bits per heavy atom. The number of rotatable bonds is 0. The maximum Gasteiger partial charge on any atom is 0.312 e. The third-order valence-electron chi connectivity index (χ3n) is 4.00. The number of carbonyl (C=O) groups excluding carboxylic acids is 2. The minimum atomic E-state index is -0.295. The summed E-state index contributed by atoms with van der Waals surface area (Å²) in [4.78, 5) is 27.8. The summed E-state index contributed by atoms with van der Waals surface area (Å²) in [6.45, 7) is 3.87. The largest absolute Gasteiger partial charge is 0.333 e. The van der Waals surface area contributed by atoms with Crippen molar-refractivity contribution in [3.63, 3.8) is 0 Å². The number of thioether (sulfide) groups is 1. The molecule has 0 aliphatic carbocycles. The highest BCUT2D eigenvalue weighted by atomic mass is 32.2. The Morgan fingerprint density at radius 3 is 2.50 bits per heavy atom. The molecule has 3 fully saturated rings. The average molecular weight is 269 g/mol. The van der Waals surface area contributed by atoms with Crippen LogP contribution in [0.15, 0.2) is 0 Å². The molecule has 5 nitrogen and oxygen atoms in total. The number of nitrogens with zero attached hydrogens (tertiary/aromatic N) is 2. The monoisotopic (exact) mass is 269 g/mol. The van der Waals surface area contributed by atoms with E-state index in [9.17, 15) is 9.59 Å². The second kappa shape index (κ2) is 5.09. The van der Waals surface area contributed by atoms with Gasteiger partial charge in [0.1, 0.15) is 0 Å². The zero-order chi connectivity index (χ0) is 12.5. The summed E-state index contributed by atoms with van der Waals surface area (Å²) in [6, 6.07) is 0.400. The first-order valence-electron chi connectivity index (χ1n) is 6.63. The van der Waals surface area contributed by atoms with Crippen molar-refractivity contribution in [2.45, 2.75) is 12.5 Å². The number of carbonyl (C=O) groups is 2. The van der Waals surface area contributed by atoms with Gasteiger partial charge in [0.2, 0.25) is 0 Å². The summed E-state index contributed by atoms with van der Waals surface area (Å²) >= 11 is 1.85. The van der Waals surface area contributed by atoms with E-state index >= 15 is 0 Å². The first-order valence-corrected chi connectivity index (χ1v) is 7.79. The summed E-state index contributed by atoms with van der Waals surface area (Å²) in [5, 5.41) is 3.40. The molecule has 2 bridgehead atoms. The van der Waals surface area contributed by atoms with E-state index in [-0.39, 0.29) is 11.8 Å². The zero-order valence-electron chi connectivity index (χ0n) is 10.4. The van der Waals surface area contributed by atoms with E-state index in [1.807, 2.05) is 11.8 Å². The Hall–Kier alpha value is -0.750. The van der Waals surface area contributed by atoms with E-state index in [0.29, 0.717) is 31.6 Å². The smallest absolute Gasteiger partial charge is 0.312 e. The topological polar surface area (TPSA) is 52.7 Å². The molecule has 1 N–H and O–H groups in total. The van der Waals surface area contributed by atoms with E-state index in [0.717, 1.165) is 31.0 Å². The molecule has 3 saturated heterocycles. The van der Waals surface area contributed by atoms with Crippen molar-refractivity contribution in [1.82, 2.24) is 15.1 Å². The fourth-order valence-electron chi connectivity index (χ4n) is 3.04. The van der Waals surface area contributed by atoms with Crippen LogP contribution in [0.1, 0.15) is 6.42 Å². The molecule has 3 aliphatic rings. The summed E-state index contributed by atoms with van der Waals surface area (Å²) < 4.78 is 0. The lowest BCUT2D eigenvalue weighted by molar-refractivity contribution is -0.152. The van der Waals surface area contributed by atoms with E-state index in [1.54, 1.807) is 9.80 Å². The SMILES string of the molecule is O=C(C(=O)N1CC2CNC(C2)C1)N1CCSCC1. The summed E-state index contributed by atoms with van der Waals surface area (Å²) in [5.74, 6) is 1.85. The number of piperidine rings is 1. The standard InChI is InChI=1S/C12H19N3O2S/c16-11(14-1-3-18-4-2-14)12(17)15-7-9-5-10(8-15)13-6-9/h9-10,13H,1-8H2. The summed E-state index contributed by atoms with van der Waals surface area (Å²) in [7, 11) is 0. The fraction of sp³-hybridized carbons (Fsp3) is 0.833. The first-order chi connectivity index (χ1) is 8.74. The zero-order valence-corrected chi connectivity index (χ0v) is 11.2. The molecular formula is C12H19N3O2S. The number of fused-ring (bicyclic) bond motifs is 2. The molecule has 6 heteroatoms. The van der Waals surface area contributed by atoms with Gasteiger partial charge in [-0.05, 0) is 12.3 Å². The second-order valence-corrected chi connectivity index (χ2v) is 6.55. The highest BCUT2D eigenvalue weighted by Gasteiger charge is 2.37. The van der Waals surface area contributed by atoms with E-state index in [2.05, 4.69) is 5.32 Å². The molecular weight excluding hydrogens is 250 g/mol. The predicted molar refractivity (Wildman–Crippen MR) is 70.4 cm³/mol. The molecule has 2 unspecified atom stereocenters. The molecule has 0 radical (unpaired) electrons. The van der Waals surface area contributed by atoms with Crippen LogP contribution in [0.4, 0.5) is 0 Å². The van der Waals surface area contributed by atoms with Crippen LogP contribution in [0, 0.1) is 5.92 Å². The van der Waals surface area contributed by atoms with Gasteiger partial charge in [0, 0.05) is 50.3 Å². The normalized spacial score (nSPS) is 31.6. The van der Waals surface area contributed by atoms with Crippen LogP contribution in [0.2, 0.25) is 0 Å². The van der Waals surface area contributed by atoms with Crippen molar-refractivity contribution < 1.29 is 9.59 Å². The molecule has 0 aromatic rings. The molecule has 0 spiro atoms. The fourth-order valence-corrected chi connectivity index (χ4v) is 3.94. The number of hydrogen-bond acceptors (Lipinski definition) is 4. The lowest BCUT2D eigenvalue weighted by atomic mass is 10.00. The second-order valence-electron chi connectivity index (χ2n) is 5.32. The van der Waals surface area contributed by atoms with E-state index in [4.69, 9.17) is 0 Å². The highest BCUT2D eigenvalue weighted by Crippen LogP contribution is 2.22. The Balaban J connectivity index is 1.61. The molecule has 3 heterocycles. The van der Waals surface area contributed by atoms with Crippen LogP contribution in [0.25, 0.3) is 0 Å². The van der Waals surface area contributed by atoms with Crippen molar-refractivity contribution in [2.75, 3.05) is 44.2 Å². The van der Waals surface area contributed by atoms with Crippen molar-refractivity contribution >= 4 is 23.6 Å². The van der Waals surface area contributed by atoms with E-state index < -0.39 is 0 Å². The lowest BCUT2D eigenvalue weighted by Crippen LogP contribution is -2.52. The summed E-state index contributed by atoms with van der Waals surface area (Å²) in [5.41, 5.74) is 0. The maximum atomic E-state index is 12.2. The van der Waals surface area contributed by atoms with Crippen molar-refractivity contribution in [1.29, 1.82) is 0 Å². The maximum absolute atomic E-state index is 12.2. The first kappa shape index (κ1) is 12.3. The third-order valence-corrected chi connectivity index (χ3v) is 4.94. The Labute approximate surface area is 111 Å². The molecule has 3 aliphatic heterocycles. The molecule has 2 amide bonds. The lowest BCUT2D eigenvalue weighted by Gasteiger charge is -2.33. The Bertz CT molecular complexity index is 345. The van der Waals surface area contributed by atoms with Gasteiger partial charge in [-0.15, -0.1) is 0 Å². The minimum absolute atomic E-state index is 0.291. The van der Waals surface area contributed by atoms with E-state index in [1.165, 1.54) is 0 Å². The van der Waals surface area contributed by atoms with Gasteiger partial charge in [0.05, 0.1) is 0 Å². The summed E-state index contributed by atoms with van der Waals surface area (Å²) in [6.07, 6.45) is 1.15. The van der Waals surface area contributed by atoms with Crippen LogP contribution in [0.3, 0.4) is 0 Å². The van der Waals surface area contributed by atoms with Crippen LogP contribution in [-0.4, -0.2) is 71.9 Å². The molecule has 0 saturated carbocycles. The molecule has 3 rings (SSSR count). The molecule has 0 aromatic carbocycles. The van der Waals surface area contributed by atoms with Crippen molar-refractivity contribution in [3.8, 4) is 0 Å². The van der Waals surface area contributed by atoms with Gasteiger partial charge in [-0.25, -0.2) is 0 Å². The van der Waals surface area contributed by atoms with Crippen molar-refractivity contribution in [2.24, 2.45) is 5.92 Å². The van der Waals surface area contributed by atoms with Gasteiger partial charge in [-0.1, -0.05) is 0 Å². The van der Waals surface area contributed by atoms with Gasteiger partial charge >= 0.3 is 11.8 Å². The molecule has 18 heavy (non-hydrogen) atoms. The Kier molecular flexibility index (Phi) is 3.48. The van der Waals surface area contributed by atoms with Gasteiger partial charge in [-0.3, -0.25) is 9.59 Å². The van der Waals surface area contributed by atoms with Crippen LogP contribution in [0.5, 0.6) is 0 Å². The van der Waals surface area contributed by atoms with Crippen LogP contribution >= 0.6 is 11.8 Å².